The summed E-state index contributed by atoms with van der Waals surface area (Å²) in [6.45, 7) is 4.98. The van der Waals surface area contributed by atoms with Crippen molar-refractivity contribution in [1.29, 1.82) is 0 Å². The summed E-state index contributed by atoms with van der Waals surface area (Å²) in [6.07, 6.45) is 69.7. The Bertz CT molecular complexity index is 990. The minimum absolute atomic E-state index is 0.00840. The SMILES string of the molecule is CCCCCCCCCCCCCCCCCCCCCCCCCC(O)C(CO)NC(=O)CCCCCCCCCCCCCCCCCCCCOC(=O)CCCCCCCCCCCCC. The minimum Gasteiger partial charge on any atom is -0.466 e. The number of aliphatic hydroxyl groups excluding tert-OH is 2. The van der Waals surface area contributed by atoms with Gasteiger partial charge < -0.3 is 20.3 Å². The summed E-state index contributed by atoms with van der Waals surface area (Å²) in [5.74, 6) is -0.0255. The van der Waals surface area contributed by atoms with Gasteiger partial charge in [-0.05, 0) is 25.7 Å². The van der Waals surface area contributed by atoms with E-state index in [1.54, 1.807) is 0 Å². The average Bonchev–Trinajstić information content (AvgIpc) is 3.35. The maximum atomic E-state index is 12.5. The van der Waals surface area contributed by atoms with Crippen LogP contribution in [0.1, 0.15) is 367 Å². The maximum Gasteiger partial charge on any atom is 0.305 e. The number of carbonyl (C=O) groups is 2. The van der Waals surface area contributed by atoms with Crippen LogP contribution in [0.2, 0.25) is 0 Å². The van der Waals surface area contributed by atoms with Crippen LogP contribution in [0.25, 0.3) is 0 Å². The van der Waals surface area contributed by atoms with Crippen molar-refractivity contribution in [3.05, 3.63) is 0 Å². The summed E-state index contributed by atoms with van der Waals surface area (Å²) in [6, 6.07) is -0.544. The first kappa shape index (κ1) is 67.9. The zero-order valence-electron chi connectivity index (χ0n) is 47.1. The maximum absolute atomic E-state index is 12.5. The molecule has 0 aliphatic heterocycles. The van der Waals surface area contributed by atoms with E-state index in [1.165, 1.54) is 295 Å². The molecule has 0 rings (SSSR count). The third-order valence-corrected chi connectivity index (χ3v) is 15.2. The molecular weight excluding hydrogens is 851 g/mol. The van der Waals surface area contributed by atoms with Crippen LogP contribution in [-0.4, -0.2) is 47.4 Å². The Hall–Kier alpha value is -1.14. The first-order valence-corrected chi connectivity index (χ1v) is 31.8. The molecule has 0 aliphatic carbocycles. The molecule has 0 saturated heterocycles. The number of nitrogens with one attached hydrogen (secondary N) is 1. The fourth-order valence-corrected chi connectivity index (χ4v) is 10.3. The second kappa shape index (κ2) is 59.4. The minimum atomic E-state index is -0.667. The molecule has 6 heteroatoms. The van der Waals surface area contributed by atoms with Crippen molar-refractivity contribution >= 4 is 11.9 Å². The molecule has 0 heterocycles. The summed E-state index contributed by atoms with van der Waals surface area (Å²) >= 11 is 0. The number of esters is 1. The van der Waals surface area contributed by atoms with Crippen LogP contribution in [0, 0.1) is 0 Å². The van der Waals surface area contributed by atoms with Crippen LogP contribution in [-0.2, 0) is 14.3 Å². The predicted octanol–water partition coefficient (Wildman–Crippen LogP) is 19.9. The molecule has 0 aromatic carbocycles. The normalized spacial score (nSPS) is 12.5. The van der Waals surface area contributed by atoms with Gasteiger partial charge in [0.1, 0.15) is 0 Å². The van der Waals surface area contributed by atoms with E-state index in [0.717, 1.165) is 38.5 Å². The number of carbonyl (C=O) groups excluding carboxylic acids is 2. The lowest BCUT2D eigenvalue weighted by Crippen LogP contribution is -2.45. The van der Waals surface area contributed by atoms with Crippen molar-refractivity contribution in [3.63, 3.8) is 0 Å². The van der Waals surface area contributed by atoms with Crippen LogP contribution < -0.4 is 5.32 Å². The van der Waals surface area contributed by atoms with Gasteiger partial charge in [0.2, 0.25) is 5.91 Å². The fourth-order valence-electron chi connectivity index (χ4n) is 10.3. The molecule has 0 bridgehead atoms. The van der Waals surface area contributed by atoms with Crippen LogP contribution in [0.15, 0.2) is 0 Å². The van der Waals surface area contributed by atoms with Crippen molar-refractivity contribution < 1.29 is 24.5 Å². The topological polar surface area (TPSA) is 95.9 Å². The van der Waals surface area contributed by atoms with E-state index in [0.29, 0.717) is 25.9 Å². The van der Waals surface area contributed by atoms with E-state index >= 15 is 0 Å². The summed E-state index contributed by atoms with van der Waals surface area (Å²) < 4.78 is 5.47. The Morgan fingerprint density at radius 2 is 0.594 bits per heavy atom. The van der Waals surface area contributed by atoms with E-state index in [1.807, 2.05) is 0 Å². The van der Waals surface area contributed by atoms with Gasteiger partial charge in [0.05, 0.1) is 25.4 Å². The molecule has 6 nitrogen and oxygen atoms in total. The zero-order chi connectivity index (χ0) is 50.0. The first-order valence-electron chi connectivity index (χ1n) is 31.8. The van der Waals surface area contributed by atoms with Gasteiger partial charge >= 0.3 is 5.97 Å². The fraction of sp³-hybridized carbons (Fsp3) is 0.968. The average molecular weight is 977 g/mol. The number of rotatable bonds is 60. The number of ether oxygens (including phenoxy) is 1. The van der Waals surface area contributed by atoms with E-state index in [9.17, 15) is 19.8 Å². The van der Waals surface area contributed by atoms with Crippen molar-refractivity contribution in [2.75, 3.05) is 13.2 Å². The number of aliphatic hydroxyl groups is 2. The Labute approximate surface area is 432 Å². The third kappa shape index (κ3) is 56.0. The van der Waals surface area contributed by atoms with Crippen molar-refractivity contribution in [2.24, 2.45) is 0 Å². The molecule has 0 saturated carbocycles. The standard InChI is InChI=1S/C63H125NO5/c1-3-5-7-9-11-13-15-16-17-18-19-20-21-22-23-26-29-32-36-39-43-47-51-55-61(66)60(59-65)64-62(67)56-52-48-44-40-37-33-30-27-24-25-28-31-34-38-42-46-50-54-58-69-63(68)57-53-49-45-41-35-14-12-10-8-6-4-2/h60-61,65-66H,3-59H2,1-2H3,(H,64,67). The highest BCUT2D eigenvalue weighted by atomic mass is 16.5. The first-order chi connectivity index (χ1) is 34.0. The summed E-state index contributed by atoms with van der Waals surface area (Å²) in [5, 5.41) is 23.4. The smallest absolute Gasteiger partial charge is 0.305 e. The van der Waals surface area contributed by atoms with Crippen LogP contribution in [0.5, 0.6) is 0 Å². The monoisotopic (exact) mass is 976 g/mol. The van der Waals surface area contributed by atoms with Crippen LogP contribution >= 0.6 is 0 Å². The van der Waals surface area contributed by atoms with E-state index < -0.39 is 12.1 Å². The van der Waals surface area contributed by atoms with E-state index in [2.05, 4.69) is 19.2 Å². The van der Waals surface area contributed by atoms with Gasteiger partial charge in [-0.15, -0.1) is 0 Å². The summed E-state index contributed by atoms with van der Waals surface area (Å²) in [4.78, 5) is 24.5. The van der Waals surface area contributed by atoms with Crippen molar-refractivity contribution in [1.82, 2.24) is 5.32 Å². The Kier molecular flexibility index (Phi) is 58.4. The Balaban J connectivity index is 3.40. The highest BCUT2D eigenvalue weighted by Crippen LogP contribution is 2.19. The Morgan fingerprint density at radius 3 is 0.884 bits per heavy atom. The molecule has 2 unspecified atom stereocenters. The van der Waals surface area contributed by atoms with Gasteiger partial charge in [-0.2, -0.15) is 0 Å². The second-order valence-corrected chi connectivity index (χ2v) is 22.1. The van der Waals surface area contributed by atoms with Gasteiger partial charge in [0.25, 0.3) is 0 Å². The number of unbranched alkanes of at least 4 members (excludes halogenated alkanes) is 49. The molecule has 0 fully saturated rings. The molecule has 0 radical (unpaired) electrons. The lowest BCUT2D eigenvalue weighted by Gasteiger charge is -2.22. The van der Waals surface area contributed by atoms with Gasteiger partial charge in [-0.3, -0.25) is 9.59 Å². The number of hydrogen-bond acceptors (Lipinski definition) is 5. The lowest BCUT2D eigenvalue weighted by molar-refractivity contribution is -0.143. The molecular formula is C63H125NO5. The highest BCUT2D eigenvalue weighted by Gasteiger charge is 2.20. The van der Waals surface area contributed by atoms with E-state index in [4.69, 9.17) is 4.74 Å². The van der Waals surface area contributed by atoms with Crippen LogP contribution in [0.3, 0.4) is 0 Å². The zero-order valence-corrected chi connectivity index (χ0v) is 47.1. The number of hydrogen-bond donors (Lipinski definition) is 3. The van der Waals surface area contributed by atoms with Crippen molar-refractivity contribution in [3.8, 4) is 0 Å². The molecule has 3 N–H and O–H groups in total. The highest BCUT2D eigenvalue weighted by molar-refractivity contribution is 5.76. The summed E-state index contributed by atoms with van der Waals surface area (Å²) in [7, 11) is 0. The number of amides is 1. The van der Waals surface area contributed by atoms with Gasteiger partial charge in [0.15, 0.2) is 0 Å². The van der Waals surface area contributed by atoms with E-state index in [-0.39, 0.29) is 18.5 Å². The van der Waals surface area contributed by atoms with Gasteiger partial charge in [0, 0.05) is 12.8 Å². The van der Waals surface area contributed by atoms with Gasteiger partial charge in [-0.25, -0.2) is 0 Å². The Morgan fingerprint density at radius 1 is 0.348 bits per heavy atom. The molecule has 1 amide bonds. The summed E-state index contributed by atoms with van der Waals surface area (Å²) in [5.41, 5.74) is 0. The molecule has 0 aromatic heterocycles. The largest absolute Gasteiger partial charge is 0.466 e. The second-order valence-electron chi connectivity index (χ2n) is 22.1. The lowest BCUT2D eigenvalue weighted by atomic mass is 10.0. The quantitative estimate of drug-likeness (QED) is 0.0417. The van der Waals surface area contributed by atoms with Crippen LogP contribution in [0.4, 0.5) is 0 Å². The molecule has 0 spiro atoms. The third-order valence-electron chi connectivity index (χ3n) is 15.2. The van der Waals surface area contributed by atoms with Gasteiger partial charge in [-0.1, -0.05) is 328 Å². The van der Waals surface area contributed by atoms with Crippen molar-refractivity contribution in [2.45, 2.75) is 379 Å². The molecule has 412 valence electrons. The predicted molar refractivity (Wildman–Crippen MR) is 301 cm³/mol. The molecule has 2 atom stereocenters. The molecule has 0 aliphatic rings. The molecule has 69 heavy (non-hydrogen) atoms. The molecule has 0 aromatic rings.